The lowest BCUT2D eigenvalue weighted by molar-refractivity contribution is 0.0146. The summed E-state index contributed by atoms with van der Waals surface area (Å²) in [6.45, 7) is -0.410. The maximum absolute atomic E-state index is 11.0. The van der Waals surface area contributed by atoms with Gasteiger partial charge in [0.2, 0.25) is 12.5 Å². The topological polar surface area (TPSA) is 120 Å². The number of amides is 2. The highest BCUT2D eigenvalue weighted by molar-refractivity contribution is 5.73. The lowest BCUT2D eigenvalue weighted by Crippen LogP contribution is -2.21. The Morgan fingerprint density at radius 3 is 1.67 bits per heavy atom. The van der Waals surface area contributed by atoms with Crippen molar-refractivity contribution in [2.24, 2.45) is 20.5 Å². The van der Waals surface area contributed by atoms with Gasteiger partial charge in [-0.25, -0.2) is 9.59 Å². The van der Waals surface area contributed by atoms with Crippen LogP contribution >= 0.6 is 0 Å². The number of hydrogen-bond donors (Lipinski definition) is 0. The summed E-state index contributed by atoms with van der Waals surface area (Å²) in [6.07, 6.45) is -3.69. The molecular formula is C8H12N4O6. The van der Waals surface area contributed by atoms with E-state index in [1.54, 1.807) is 0 Å². The molecule has 100 valence electrons. The molecule has 0 aromatic rings. The maximum Gasteiger partial charge on any atom is 0.452 e. The van der Waals surface area contributed by atoms with Crippen LogP contribution in [0, 0.1) is 0 Å². The van der Waals surface area contributed by atoms with E-state index in [0.29, 0.717) is 0 Å². The normalized spacial score (nSPS) is 25.9. The minimum absolute atomic E-state index is 0.205. The standard InChI is InChI=1S/C8H12N4O6/c1-15-5-3-17-7(13)11-12-8(14)18-4-6(16-2)10-9-5/h5-6H,3-4H2,1-2H3. The molecule has 1 aliphatic rings. The Hall–Kier alpha value is -1.94. The molecule has 1 rings (SSSR count). The van der Waals surface area contributed by atoms with Crippen LogP contribution < -0.4 is 0 Å². The first-order chi connectivity index (χ1) is 8.65. The minimum atomic E-state index is -1.05. The number of carbonyl (C=O) groups is 2. The quantitative estimate of drug-likeness (QED) is 0.733. The molecule has 1 aliphatic heterocycles. The van der Waals surface area contributed by atoms with Gasteiger partial charge in [-0.05, 0) is 0 Å². The summed E-state index contributed by atoms with van der Waals surface area (Å²) >= 11 is 0. The molecular weight excluding hydrogens is 248 g/mol. The summed E-state index contributed by atoms with van der Waals surface area (Å²) in [7, 11) is 2.74. The third kappa shape index (κ3) is 4.93. The van der Waals surface area contributed by atoms with E-state index in [9.17, 15) is 9.59 Å². The Kier molecular flexibility index (Phi) is 5.80. The van der Waals surface area contributed by atoms with Gasteiger partial charge in [-0.2, -0.15) is 10.2 Å². The molecule has 0 aliphatic carbocycles. The molecule has 10 heteroatoms. The van der Waals surface area contributed by atoms with Crippen LogP contribution in [0.3, 0.4) is 0 Å². The predicted molar refractivity (Wildman–Crippen MR) is 54.0 cm³/mol. The van der Waals surface area contributed by atoms with Crippen LogP contribution in [0.2, 0.25) is 0 Å². The lowest BCUT2D eigenvalue weighted by atomic mass is 10.6. The monoisotopic (exact) mass is 260 g/mol. The largest absolute Gasteiger partial charge is 0.452 e. The number of rotatable bonds is 2. The van der Waals surface area contributed by atoms with Crippen LogP contribution in [0.5, 0.6) is 0 Å². The van der Waals surface area contributed by atoms with Gasteiger partial charge in [0.1, 0.15) is 13.2 Å². The van der Waals surface area contributed by atoms with Crippen molar-refractivity contribution in [2.75, 3.05) is 27.4 Å². The van der Waals surface area contributed by atoms with Gasteiger partial charge < -0.3 is 18.9 Å². The van der Waals surface area contributed by atoms with Crippen molar-refractivity contribution >= 4 is 12.2 Å². The van der Waals surface area contributed by atoms with Crippen LogP contribution in [-0.2, 0) is 18.9 Å². The molecule has 0 saturated heterocycles. The van der Waals surface area contributed by atoms with Crippen LogP contribution in [0.15, 0.2) is 20.5 Å². The predicted octanol–water partition coefficient (Wildman–Crippen LogP) is 1.12. The highest BCUT2D eigenvalue weighted by atomic mass is 16.6. The summed E-state index contributed by atoms with van der Waals surface area (Å²) in [5.74, 6) is 0. The van der Waals surface area contributed by atoms with E-state index >= 15 is 0 Å². The molecule has 18 heavy (non-hydrogen) atoms. The average Bonchev–Trinajstić information content (AvgIpc) is 2.38. The minimum Gasteiger partial charge on any atom is -0.442 e. The number of carbonyl (C=O) groups excluding carboxylic acids is 2. The molecule has 0 N–H and O–H groups in total. The number of ether oxygens (including phenoxy) is 4. The Balaban J connectivity index is 2.74. The van der Waals surface area contributed by atoms with Crippen LogP contribution in [0.1, 0.15) is 0 Å². The third-order valence-electron chi connectivity index (χ3n) is 1.78. The molecule has 0 aromatic heterocycles. The first kappa shape index (κ1) is 14.1. The summed E-state index contributed by atoms with van der Waals surface area (Å²) in [5.41, 5.74) is 0. The number of hydrogen-bond acceptors (Lipinski definition) is 8. The van der Waals surface area contributed by atoms with E-state index in [1.807, 2.05) is 0 Å². The van der Waals surface area contributed by atoms with Crippen LogP contribution in [0.4, 0.5) is 9.59 Å². The fourth-order valence-electron chi connectivity index (χ4n) is 0.870. The van der Waals surface area contributed by atoms with E-state index in [0.717, 1.165) is 0 Å². The van der Waals surface area contributed by atoms with Crippen molar-refractivity contribution in [3.8, 4) is 0 Å². The van der Waals surface area contributed by atoms with Gasteiger partial charge in [0, 0.05) is 14.2 Å². The van der Waals surface area contributed by atoms with E-state index in [2.05, 4.69) is 29.9 Å². The SMILES string of the molecule is COC1COC(=O)N=NC(=O)OCC(OC)N=N1. The van der Waals surface area contributed by atoms with E-state index in [4.69, 9.17) is 9.47 Å². The van der Waals surface area contributed by atoms with Gasteiger partial charge >= 0.3 is 12.2 Å². The highest BCUT2D eigenvalue weighted by Gasteiger charge is 2.15. The van der Waals surface area contributed by atoms with Crippen LogP contribution in [0.25, 0.3) is 0 Å². The number of nitrogens with zero attached hydrogens (tertiary/aromatic N) is 4. The van der Waals surface area contributed by atoms with Gasteiger partial charge in [-0.15, -0.1) is 0 Å². The molecule has 1 heterocycles. The van der Waals surface area contributed by atoms with Crippen molar-refractivity contribution in [3.05, 3.63) is 0 Å². The molecule has 2 amide bonds. The van der Waals surface area contributed by atoms with Crippen molar-refractivity contribution in [1.82, 2.24) is 0 Å². The summed E-state index contributed by atoms with van der Waals surface area (Å²) in [6, 6.07) is 0. The van der Waals surface area contributed by atoms with Gasteiger partial charge in [0.25, 0.3) is 0 Å². The molecule has 0 bridgehead atoms. The molecule has 2 atom stereocenters. The first-order valence-electron chi connectivity index (χ1n) is 4.86. The molecule has 0 fully saturated rings. The fraction of sp³-hybridized carbons (Fsp3) is 0.750. The highest BCUT2D eigenvalue weighted by Crippen LogP contribution is 2.03. The summed E-state index contributed by atoms with van der Waals surface area (Å²) in [5, 5.41) is 13.4. The van der Waals surface area contributed by atoms with E-state index < -0.39 is 24.6 Å². The molecule has 2 unspecified atom stereocenters. The second-order valence-corrected chi connectivity index (χ2v) is 2.97. The molecule has 10 nitrogen and oxygen atoms in total. The van der Waals surface area contributed by atoms with Crippen molar-refractivity contribution < 1.29 is 28.5 Å². The maximum atomic E-state index is 11.0. The third-order valence-corrected chi connectivity index (χ3v) is 1.78. The van der Waals surface area contributed by atoms with Crippen molar-refractivity contribution in [3.63, 3.8) is 0 Å². The number of methoxy groups -OCH3 is 2. The zero-order chi connectivity index (χ0) is 13.4. The molecule has 0 aromatic carbocycles. The van der Waals surface area contributed by atoms with E-state index in [-0.39, 0.29) is 13.2 Å². The van der Waals surface area contributed by atoms with Crippen LogP contribution in [-0.4, -0.2) is 52.1 Å². The smallest absolute Gasteiger partial charge is 0.442 e. The Labute approximate surface area is 102 Å². The molecule has 0 radical (unpaired) electrons. The summed E-state index contributed by atoms with van der Waals surface area (Å²) < 4.78 is 19.0. The van der Waals surface area contributed by atoms with Crippen molar-refractivity contribution in [2.45, 2.75) is 12.5 Å². The number of cyclic esters (lactones) is 2. The zero-order valence-electron chi connectivity index (χ0n) is 9.81. The van der Waals surface area contributed by atoms with Gasteiger partial charge in [0.15, 0.2) is 0 Å². The first-order valence-corrected chi connectivity index (χ1v) is 4.86. The second-order valence-electron chi connectivity index (χ2n) is 2.97. The Morgan fingerprint density at radius 1 is 0.944 bits per heavy atom. The number of azo groups is 2. The van der Waals surface area contributed by atoms with Crippen molar-refractivity contribution in [1.29, 1.82) is 0 Å². The second kappa shape index (κ2) is 7.40. The van der Waals surface area contributed by atoms with Gasteiger partial charge in [0.05, 0.1) is 0 Å². The lowest BCUT2D eigenvalue weighted by Gasteiger charge is -2.12. The molecule has 0 spiro atoms. The van der Waals surface area contributed by atoms with Gasteiger partial charge in [-0.1, -0.05) is 10.2 Å². The Morgan fingerprint density at radius 2 is 1.33 bits per heavy atom. The fourth-order valence-corrected chi connectivity index (χ4v) is 0.870. The molecule has 0 saturated carbocycles. The average molecular weight is 260 g/mol. The Bertz CT molecular complexity index is 325. The zero-order valence-corrected chi connectivity index (χ0v) is 9.81. The summed E-state index contributed by atoms with van der Waals surface area (Å²) in [4.78, 5) is 22.0. The van der Waals surface area contributed by atoms with Gasteiger partial charge in [-0.3, -0.25) is 0 Å². The van der Waals surface area contributed by atoms with E-state index in [1.165, 1.54) is 14.2 Å².